The lowest BCUT2D eigenvalue weighted by molar-refractivity contribution is 0.489. The van der Waals surface area contributed by atoms with Gasteiger partial charge in [-0.1, -0.05) is 23.8 Å². The fourth-order valence-corrected chi connectivity index (χ4v) is 2.95. The Balaban J connectivity index is 2.01. The Bertz CT molecular complexity index is 848. The summed E-state index contributed by atoms with van der Waals surface area (Å²) < 4.78 is 29.7. The van der Waals surface area contributed by atoms with E-state index in [1.807, 2.05) is 13.0 Å². The number of hydrogen-bond acceptors (Lipinski definition) is 3. The summed E-state index contributed by atoms with van der Waals surface area (Å²) in [5.74, 6) is 0.323. The van der Waals surface area contributed by atoms with Crippen molar-refractivity contribution in [3.63, 3.8) is 0 Å². The second-order valence-corrected chi connectivity index (χ2v) is 6.09. The van der Waals surface area contributed by atoms with Gasteiger partial charge in [-0.05, 0) is 37.3 Å². The number of nitrogens with one attached hydrogen (secondary N) is 1. The topological polar surface area (TPSA) is 59.2 Å². The number of hydrogen-bond donors (Lipinski definition) is 1. The Labute approximate surface area is 117 Å². The van der Waals surface area contributed by atoms with Gasteiger partial charge in [-0.15, -0.1) is 0 Å². The molecule has 0 aliphatic heterocycles. The average Bonchev–Trinajstić information content (AvgIpc) is 2.88. The normalized spacial score (nSPS) is 11.7. The summed E-state index contributed by atoms with van der Waals surface area (Å²) in [6.07, 6.45) is 1.75. The van der Waals surface area contributed by atoms with Crippen molar-refractivity contribution in [2.75, 3.05) is 0 Å². The molecule has 0 aliphatic rings. The largest absolute Gasteiger partial charge is 0.378 e. The molecule has 1 heterocycles. The Hall–Kier alpha value is -2.27. The summed E-state index contributed by atoms with van der Waals surface area (Å²) in [7, 11) is -3.81. The smallest absolute Gasteiger partial charge is 0.339 e. The molecule has 4 nitrogen and oxygen atoms in total. The van der Waals surface area contributed by atoms with Crippen LogP contribution in [0.25, 0.3) is 10.9 Å². The third-order valence-corrected chi connectivity index (χ3v) is 4.31. The highest BCUT2D eigenvalue weighted by Crippen LogP contribution is 2.27. The predicted octanol–water partition coefficient (Wildman–Crippen LogP) is 3.24. The highest BCUT2D eigenvalue weighted by atomic mass is 32.2. The van der Waals surface area contributed by atoms with Gasteiger partial charge in [0.2, 0.25) is 0 Å². The average molecular weight is 287 g/mol. The van der Waals surface area contributed by atoms with Gasteiger partial charge < -0.3 is 9.17 Å². The molecule has 0 unspecified atom stereocenters. The van der Waals surface area contributed by atoms with E-state index in [1.54, 1.807) is 48.7 Å². The standard InChI is InChI=1S/C15H13NO3S/c1-11-5-7-12(8-6-11)20(17,18)19-15-4-2-3-14-13(15)9-10-16-14/h2-10,16H,1H3. The molecule has 0 aliphatic carbocycles. The summed E-state index contributed by atoms with van der Waals surface area (Å²) in [6.45, 7) is 1.90. The van der Waals surface area contributed by atoms with Gasteiger partial charge in [0.1, 0.15) is 4.90 Å². The van der Waals surface area contributed by atoms with Crippen molar-refractivity contribution in [3.05, 3.63) is 60.3 Å². The van der Waals surface area contributed by atoms with Crippen LogP contribution in [-0.2, 0) is 10.1 Å². The molecule has 3 rings (SSSR count). The number of aryl methyl sites for hydroxylation is 1. The summed E-state index contributed by atoms with van der Waals surface area (Å²) in [5.41, 5.74) is 1.83. The van der Waals surface area contributed by atoms with Crippen molar-refractivity contribution in [3.8, 4) is 5.75 Å². The number of rotatable bonds is 3. The quantitative estimate of drug-likeness (QED) is 0.752. The molecule has 0 fully saturated rings. The lowest BCUT2D eigenvalue weighted by atomic mass is 10.2. The Morgan fingerprint density at radius 1 is 1.00 bits per heavy atom. The molecule has 0 saturated heterocycles. The van der Waals surface area contributed by atoms with Crippen LogP contribution in [-0.4, -0.2) is 13.4 Å². The second-order valence-electron chi connectivity index (χ2n) is 4.55. The zero-order valence-corrected chi connectivity index (χ0v) is 11.6. The maximum absolute atomic E-state index is 12.2. The van der Waals surface area contributed by atoms with Gasteiger partial charge in [-0.25, -0.2) is 0 Å². The van der Waals surface area contributed by atoms with Gasteiger partial charge >= 0.3 is 10.1 Å². The first-order valence-electron chi connectivity index (χ1n) is 6.13. The minimum atomic E-state index is -3.81. The predicted molar refractivity (Wildman–Crippen MR) is 77.3 cm³/mol. The van der Waals surface area contributed by atoms with Crippen LogP contribution in [0.1, 0.15) is 5.56 Å². The first-order valence-corrected chi connectivity index (χ1v) is 7.54. The van der Waals surface area contributed by atoms with E-state index in [9.17, 15) is 8.42 Å². The Morgan fingerprint density at radius 3 is 2.50 bits per heavy atom. The van der Waals surface area contributed by atoms with E-state index in [1.165, 1.54) is 0 Å². The molecular formula is C15H13NO3S. The number of fused-ring (bicyclic) bond motifs is 1. The number of H-pyrrole nitrogens is 1. The lowest BCUT2D eigenvalue weighted by Crippen LogP contribution is -2.09. The lowest BCUT2D eigenvalue weighted by Gasteiger charge is -2.08. The van der Waals surface area contributed by atoms with Crippen LogP contribution >= 0.6 is 0 Å². The Morgan fingerprint density at radius 2 is 1.75 bits per heavy atom. The van der Waals surface area contributed by atoms with Crippen LogP contribution in [0.5, 0.6) is 5.75 Å². The molecule has 3 aromatic rings. The van der Waals surface area contributed by atoms with E-state index in [-0.39, 0.29) is 4.90 Å². The van der Waals surface area contributed by atoms with Gasteiger partial charge in [0.05, 0.1) is 0 Å². The molecule has 102 valence electrons. The molecule has 1 aromatic heterocycles. The Kier molecular flexibility index (Phi) is 2.99. The van der Waals surface area contributed by atoms with Crippen LogP contribution in [0.2, 0.25) is 0 Å². The molecule has 2 aromatic carbocycles. The molecule has 0 atom stereocenters. The van der Waals surface area contributed by atoms with E-state index in [0.29, 0.717) is 5.75 Å². The van der Waals surface area contributed by atoms with Crippen molar-refractivity contribution in [1.29, 1.82) is 0 Å². The summed E-state index contributed by atoms with van der Waals surface area (Å²) in [5, 5.41) is 0.739. The maximum atomic E-state index is 12.2. The van der Waals surface area contributed by atoms with Gasteiger partial charge in [-0.2, -0.15) is 8.42 Å². The number of aromatic nitrogens is 1. The molecule has 20 heavy (non-hydrogen) atoms. The van der Waals surface area contributed by atoms with Crippen LogP contribution in [0.4, 0.5) is 0 Å². The third kappa shape index (κ3) is 2.28. The van der Waals surface area contributed by atoms with Crippen LogP contribution in [0.3, 0.4) is 0 Å². The van der Waals surface area contributed by atoms with Crippen LogP contribution < -0.4 is 4.18 Å². The minimum absolute atomic E-state index is 0.149. The van der Waals surface area contributed by atoms with Gasteiger partial charge in [0, 0.05) is 17.1 Å². The van der Waals surface area contributed by atoms with Crippen molar-refractivity contribution in [2.24, 2.45) is 0 Å². The molecule has 0 saturated carbocycles. The van der Waals surface area contributed by atoms with E-state index in [4.69, 9.17) is 4.18 Å². The van der Waals surface area contributed by atoms with Crippen molar-refractivity contribution in [2.45, 2.75) is 11.8 Å². The highest BCUT2D eigenvalue weighted by molar-refractivity contribution is 7.87. The fraction of sp³-hybridized carbons (Fsp3) is 0.0667. The SMILES string of the molecule is Cc1ccc(S(=O)(=O)Oc2cccc3[nH]ccc23)cc1. The minimum Gasteiger partial charge on any atom is -0.378 e. The summed E-state index contributed by atoms with van der Waals surface area (Å²) in [4.78, 5) is 3.17. The monoisotopic (exact) mass is 287 g/mol. The molecule has 5 heteroatoms. The zero-order valence-electron chi connectivity index (χ0n) is 10.8. The van der Waals surface area contributed by atoms with Gasteiger partial charge in [0.15, 0.2) is 5.75 Å². The van der Waals surface area contributed by atoms with Crippen LogP contribution in [0, 0.1) is 6.92 Å². The maximum Gasteiger partial charge on any atom is 0.339 e. The van der Waals surface area contributed by atoms with Crippen molar-refractivity contribution < 1.29 is 12.6 Å². The molecule has 0 radical (unpaired) electrons. The first kappa shape index (κ1) is 12.7. The third-order valence-electron chi connectivity index (χ3n) is 3.06. The van der Waals surface area contributed by atoms with E-state index in [2.05, 4.69) is 4.98 Å². The summed E-state index contributed by atoms with van der Waals surface area (Å²) in [6, 6.07) is 13.6. The number of benzene rings is 2. The van der Waals surface area contributed by atoms with E-state index in [0.717, 1.165) is 16.5 Å². The van der Waals surface area contributed by atoms with Gasteiger partial charge in [-0.3, -0.25) is 0 Å². The molecule has 0 amide bonds. The molecular weight excluding hydrogens is 274 g/mol. The van der Waals surface area contributed by atoms with Gasteiger partial charge in [0.25, 0.3) is 0 Å². The second kappa shape index (κ2) is 4.68. The summed E-state index contributed by atoms with van der Waals surface area (Å²) >= 11 is 0. The highest BCUT2D eigenvalue weighted by Gasteiger charge is 2.17. The van der Waals surface area contributed by atoms with E-state index >= 15 is 0 Å². The molecule has 0 spiro atoms. The molecule has 0 bridgehead atoms. The molecule has 1 N–H and O–H groups in total. The zero-order chi connectivity index (χ0) is 14.2. The van der Waals surface area contributed by atoms with Crippen molar-refractivity contribution >= 4 is 21.0 Å². The van der Waals surface area contributed by atoms with Crippen molar-refractivity contribution in [1.82, 2.24) is 4.98 Å². The van der Waals surface area contributed by atoms with Crippen LogP contribution in [0.15, 0.2) is 59.6 Å². The number of aromatic amines is 1. The fourth-order valence-electron chi connectivity index (χ4n) is 2.00. The first-order chi connectivity index (χ1) is 9.56. The van der Waals surface area contributed by atoms with E-state index < -0.39 is 10.1 Å².